The zero-order valence-electron chi connectivity index (χ0n) is 11.2. The first-order chi connectivity index (χ1) is 9.56. The van der Waals surface area contributed by atoms with E-state index >= 15 is 0 Å². The molecule has 0 unspecified atom stereocenters. The third kappa shape index (κ3) is 3.44. The summed E-state index contributed by atoms with van der Waals surface area (Å²) < 4.78 is 4.97. The van der Waals surface area contributed by atoms with Crippen LogP contribution in [0.3, 0.4) is 0 Å². The molecule has 2 aromatic rings. The van der Waals surface area contributed by atoms with E-state index in [1.807, 2.05) is 0 Å². The highest BCUT2D eigenvalue weighted by Crippen LogP contribution is 2.12. The van der Waals surface area contributed by atoms with E-state index in [1.54, 1.807) is 38.1 Å². The number of nitrogens with one attached hydrogen (secondary N) is 2. The Morgan fingerprint density at radius 3 is 2.55 bits per heavy atom. The number of aromatic nitrogens is 1. The number of amides is 2. The first-order valence-corrected chi connectivity index (χ1v) is 6.18. The summed E-state index contributed by atoms with van der Waals surface area (Å²) in [6.45, 7) is 3.61. The van der Waals surface area contributed by atoms with Crippen LogP contribution in [0.2, 0.25) is 0 Å². The van der Waals surface area contributed by atoms with Crippen LogP contribution in [-0.4, -0.2) is 16.8 Å². The maximum absolute atomic E-state index is 11.7. The topological polar surface area (TPSA) is 84.2 Å². The molecule has 2 N–H and O–H groups in total. The molecule has 0 bridgehead atoms. The van der Waals surface area contributed by atoms with Gasteiger partial charge in [-0.2, -0.15) is 0 Å². The van der Waals surface area contributed by atoms with Crippen LogP contribution in [0.1, 0.15) is 24.4 Å². The summed E-state index contributed by atoms with van der Waals surface area (Å²) in [4.78, 5) is 27.3. The Labute approximate surface area is 116 Å². The number of hydrogen-bond acceptors (Lipinski definition) is 4. The Kier molecular flexibility index (Phi) is 4.14. The third-order valence-corrected chi connectivity index (χ3v) is 2.54. The van der Waals surface area contributed by atoms with Crippen LogP contribution < -0.4 is 10.6 Å². The van der Waals surface area contributed by atoms with Crippen molar-refractivity contribution in [2.24, 2.45) is 5.92 Å². The Hall–Kier alpha value is -2.63. The van der Waals surface area contributed by atoms with Gasteiger partial charge < -0.3 is 15.1 Å². The number of rotatable bonds is 4. The predicted octanol–water partition coefficient (Wildman–Crippen LogP) is 2.52. The van der Waals surface area contributed by atoms with Gasteiger partial charge in [-0.3, -0.25) is 9.59 Å². The van der Waals surface area contributed by atoms with Crippen LogP contribution in [0.25, 0.3) is 0 Å². The van der Waals surface area contributed by atoms with Gasteiger partial charge >= 0.3 is 0 Å². The van der Waals surface area contributed by atoms with Crippen LogP contribution in [0, 0.1) is 5.92 Å². The highest BCUT2D eigenvalue weighted by molar-refractivity contribution is 6.01. The number of carbonyl (C=O) groups excluding carboxylic acids is 2. The Morgan fingerprint density at radius 1 is 1.20 bits per heavy atom. The molecule has 0 atom stereocenters. The van der Waals surface area contributed by atoms with Crippen molar-refractivity contribution < 1.29 is 14.0 Å². The van der Waals surface area contributed by atoms with E-state index in [4.69, 9.17) is 4.42 Å². The second-order valence-corrected chi connectivity index (χ2v) is 4.51. The SMILES string of the molecule is CC(C)C(=O)Nc1ccc(NC(=O)c2ccco2)nc1. The van der Waals surface area contributed by atoms with Gasteiger partial charge in [0.05, 0.1) is 18.1 Å². The fraction of sp³-hybridized carbons (Fsp3) is 0.214. The van der Waals surface area contributed by atoms with E-state index in [2.05, 4.69) is 15.6 Å². The number of anilines is 2. The molecule has 2 amide bonds. The van der Waals surface area contributed by atoms with Gasteiger partial charge in [-0.15, -0.1) is 0 Å². The third-order valence-electron chi connectivity index (χ3n) is 2.54. The van der Waals surface area contributed by atoms with Crippen molar-refractivity contribution in [3.63, 3.8) is 0 Å². The predicted molar refractivity (Wildman–Crippen MR) is 74.4 cm³/mol. The monoisotopic (exact) mass is 273 g/mol. The second-order valence-electron chi connectivity index (χ2n) is 4.51. The summed E-state index contributed by atoms with van der Waals surface area (Å²) in [6, 6.07) is 6.47. The normalized spacial score (nSPS) is 10.3. The fourth-order valence-corrected chi connectivity index (χ4v) is 1.41. The lowest BCUT2D eigenvalue weighted by atomic mass is 10.2. The van der Waals surface area contributed by atoms with Crippen molar-refractivity contribution in [3.05, 3.63) is 42.5 Å². The van der Waals surface area contributed by atoms with Crippen molar-refractivity contribution in [1.29, 1.82) is 0 Å². The molecular formula is C14H15N3O3. The molecule has 0 aliphatic carbocycles. The van der Waals surface area contributed by atoms with E-state index in [1.165, 1.54) is 12.5 Å². The largest absolute Gasteiger partial charge is 0.459 e. The Morgan fingerprint density at radius 2 is 2.00 bits per heavy atom. The molecule has 0 aliphatic rings. The van der Waals surface area contributed by atoms with Crippen molar-refractivity contribution >= 4 is 23.3 Å². The molecule has 0 aliphatic heterocycles. The summed E-state index contributed by atoms with van der Waals surface area (Å²) in [6.07, 6.45) is 2.91. The van der Waals surface area contributed by atoms with Crippen LogP contribution >= 0.6 is 0 Å². The summed E-state index contributed by atoms with van der Waals surface area (Å²) in [5.41, 5.74) is 0.583. The van der Waals surface area contributed by atoms with Gasteiger partial charge in [0.2, 0.25) is 5.91 Å². The molecule has 6 heteroatoms. The highest BCUT2D eigenvalue weighted by Gasteiger charge is 2.10. The van der Waals surface area contributed by atoms with Crippen molar-refractivity contribution in [2.45, 2.75) is 13.8 Å². The molecule has 0 aromatic carbocycles. The maximum atomic E-state index is 11.7. The molecule has 20 heavy (non-hydrogen) atoms. The standard InChI is InChI=1S/C14H15N3O3/c1-9(2)13(18)16-10-5-6-12(15-8-10)17-14(19)11-4-3-7-20-11/h3-9H,1-2H3,(H,16,18)(H,15,17,19). The lowest BCUT2D eigenvalue weighted by Crippen LogP contribution is -2.18. The minimum Gasteiger partial charge on any atom is -0.459 e. The molecule has 0 saturated heterocycles. The molecule has 2 aromatic heterocycles. The van der Waals surface area contributed by atoms with E-state index < -0.39 is 0 Å². The van der Waals surface area contributed by atoms with Crippen LogP contribution in [0.5, 0.6) is 0 Å². The first kappa shape index (κ1) is 13.8. The number of hydrogen-bond donors (Lipinski definition) is 2. The van der Waals surface area contributed by atoms with Gasteiger partial charge in [-0.05, 0) is 24.3 Å². The molecule has 2 rings (SSSR count). The maximum Gasteiger partial charge on any atom is 0.292 e. The van der Waals surface area contributed by atoms with Crippen LogP contribution in [0.4, 0.5) is 11.5 Å². The van der Waals surface area contributed by atoms with Crippen LogP contribution in [-0.2, 0) is 4.79 Å². The Balaban J connectivity index is 1.98. The lowest BCUT2D eigenvalue weighted by Gasteiger charge is -2.08. The van der Waals surface area contributed by atoms with E-state index in [0.29, 0.717) is 11.5 Å². The molecule has 6 nitrogen and oxygen atoms in total. The van der Waals surface area contributed by atoms with Gasteiger partial charge in [0, 0.05) is 5.92 Å². The molecular weight excluding hydrogens is 258 g/mol. The highest BCUT2D eigenvalue weighted by atomic mass is 16.3. The van der Waals surface area contributed by atoms with Gasteiger partial charge in [0.15, 0.2) is 5.76 Å². The lowest BCUT2D eigenvalue weighted by molar-refractivity contribution is -0.118. The van der Waals surface area contributed by atoms with Crippen molar-refractivity contribution in [3.8, 4) is 0 Å². The molecule has 0 saturated carbocycles. The molecule has 2 heterocycles. The van der Waals surface area contributed by atoms with Gasteiger partial charge in [-0.25, -0.2) is 4.98 Å². The summed E-state index contributed by atoms with van der Waals surface area (Å²) >= 11 is 0. The summed E-state index contributed by atoms with van der Waals surface area (Å²) in [5.74, 6) is 0.0342. The van der Waals surface area contributed by atoms with Crippen molar-refractivity contribution in [1.82, 2.24) is 4.98 Å². The van der Waals surface area contributed by atoms with E-state index in [-0.39, 0.29) is 23.5 Å². The quantitative estimate of drug-likeness (QED) is 0.896. The average Bonchev–Trinajstić information content (AvgIpc) is 2.95. The zero-order chi connectivity index (χ0) is 14.5. The first-order valence-electron chi connectivity index (χ1n) is 6.18. The fourth-order valence-electron chi connectivity index (χ4n) is 1.41. The molecule has 0 fully saturated rings. The number of furan rings is 1. The van der Waals surface area contributed by atoms with Crippen molar-refractivity contribution in [2.75, 3.05) is 10.6 Å². The Bertz CT molecular complexity index is 589. The summed E-state index contributed by atoms with van der Waals surface area (Å²) in [7, 11) is 0. The summed E-state index contributed by atoms with van der Waals surface area (Å²) in [5, 5.41) is 5.31. The number of nitrogens with zero attached hydrogens (tertiary/aromatic N) is 1. The minimum absolute atomic E-state index is 0.0841. The van der Waals surface area contributed by atoms with Gasteiger partial charge in [0.25, 0.3) is 5.91 Å². The zero-order valence-corrected chi connectivity index (χ0v) is 11.2. The average molecular weight is 273 g/mol. The van der Waals surface area contributed by atoms with Gasteiger partial charge in [-0.1, -0.05) is 13.8 Å². The molecule has 0 radical (unpaired) electrons. The number of pyridine rings is 1. The minimum atomic E-state index is -0.374. The van der Waals surface area contributed by atoms with Crippen LogP contribution in [0.15, 0.2) is 41.1 Å². The second kappa shape index (κ2) is 6.01. The van der Waals surface area contributed by atoms with Gasteiger partial charge in [0.1, 0.15) is 5.82 Å². The molecule has 104 valence electrons. The smallest absolute Gasteiger partial charge is 0.292 e. The molecule has 0 spiro atoms. The number of carbonyl (C=O) groups is 2. The van der Waals surface area contributed by atoms with E-state index in [9.17, 15) is 9.59 Å². The van der Waals surface area contributed by atoms with E-state index in [0.717, 1.165) is 0 Å².